The van der Waals surface area contributed by atoms with Gasteiger partial charge in [-0.2, -0.15) is 0 Å². The number of terminal acetylenes is 1. The monoisotopic (exact) mass is 462 g/mol. The quantitative estimate of drug-likeness (QED) is 0.520. The molecule has 0 radical (unpaired) electrons. The topological polar surface area (TPSA) is 114 Å². The molecule has 8 heteroatoms. The Labute approximate surface area is 197 Å². The first-order valence-electron chi connectivity index (χ1n) is 11.2. The lowest BCUT2D eigenvalue weighted by molar-refractivity contribution is -0.149. The highest BCUT2D eigenvalue weighted by molar-refractivity contribution is 5.86. The van der Waals surface area contributed by atoms with Gasteiger partial charge in [0, 0.05) is 18.9 Å². The first-order valence-corrected chi connectivity index (χ1v) is 11.2. The molecule has 1 heterocycles. The van der Waals surface area contributed by atoms with Gasteiger partial charge in [-0.05, 0) is 35.1 Å². The summed E-state index contributed by atoms with van der Waals surface area (Å²) in [6.45, 7) is 0.257. The molecule has 0 spiro atoms. The zero-order valence-electron chi connectivity index (χ0n) is 18.5. The summed E-state index contributed by atoms with van der Waals surface area (Å²) in [6, 6.07) is 15.0. The molecule has 176 valence electrons. The maximum atomic E-state index is 12.6. The fraction of sp³-hybridized carbons (Fsp3) is 0.346. The van der Waals surface area contributed by atoms with E-state index in [1.54, 1.807) is 0 Å². The van der Waals surface area contributed by atoms with Gasteiger partial charge in [0.2, 0.25) is 5.91 Å². The highest BCUT2D eigenvalue weighted by atomic mass is 16.5. The minimum atomic E-state index is -1.02. The predicted molar refractivity (Wildman–Crippen MR) is 124 cm³/mol. The summed E-state index contributed by atoms with van der Waals surface area (Å²) in [6.07, 6.45) is 4.29. The number of hydrogen-bond donors (Lipinski definition) is 3. The van der Waals surface area contributed by atoms with Crippen molar-refractivity contribution in [3.8, 4) is 23.5 Å². The second kappa shape index (κ2) is 10.4. The van der Waals surface area contributed by atoms with E-state index >= 15 is 0 Å². The number of rotatable bonds is 8. The summed E-state index contributed by atoms with van der Waals surface area (Å²) in [5.74, 6) is 0.794. The number of nitrogens with one attached hydrogen (secondary N) is 2. The van der Waals surface area contributed by atoms with E-state index in [1.165, 1.54) is 0 Å². The van der Waals surface area contributed by atoms with Gasteiger partial charge >= 0.3 is 12.1 Å². The van der Waals surface area contributed by atoms with Gasteiger partial charge in [0.15, 0.2) is 6.10 Å². The molecule has 3 N–H and O–H groups in total. The van der Waals surface area contributed by atoms with Crippen molar-refractivity contribution in [2.45, 2.75) is 43.4 Å². The Morgan fingerprint density at radius 1 is 1.09 bits per heavy atom. The Bertz CT molecular complexity index is 1080. The lowest BCUT2D eigenvalue weighted by Gasteiger charge is -2.19. The van der Waals surface area contributed by atoms with Crippen LogP contribution in [0.3, 0.4) is 0 Å². The van der Waals surface area contributed by atoms with Crippen LogP contribution in [-0.4, -0.2) is 54.5 Å². The van der Waals surface area contributed by atoms with Crippen LogP contribution in [-0.2, 0) is 19.1 Å². The maximum absolute atomic E-state index is 12.6. The third-order valence-electron chi connectivity index (χ3n) is 6.16. The molecule has 0 saturated carbocycles. The molecule has 0 aromatic heterocycles. The molecule has 2 aromatic carbocycles. The number of carboxylic acid groups (broad SMARTS) is 1. The number of benzene rings is 2. The summed E-state index contributed by atoms with van der Waals surface area (Å²) in [5, 5.41) is 14.2. The molecule has 0 bridgehead atoms. The van der Waals surface area contributed by atoms with Gasteiger partial charge in [-0.25, -0.2) is 9.59 Å². The predicted octanol–water partition coefficient (Wildman–Crippen LogP) is 2.67. The average Bonchev–Trinajstić information content (AvgIpc) is 3.44. The molecule has 1 saturated heterocycles. The third-order valence-corrected chi connectivity index (χ3v) is 6.16. The number of alkyl carbamates (subject to hydrolysis) is 1. The van der Waals surface area contributed by atoms with Crippen molar-refractivity contribution in [3.63, 3.8) is 0 Å². The normalized spacial score (nSPS) is 19.4. The number of carbonyl (C=O) groups is 3. The molecule has 3 atom stereocenters. The number of aliphatic carboxylic acids is 1. The average molecular weight is 463 g/mol. The van der Waals surface area contributed by atoms with Crippen molar-refractivity contribution < 1.29 is 29.0 Å². The lowest BCUT2D eigenvalue weighted by atomic mass is 9.98. The van der Waals surface area contributed by atoms with Gasteiger partial charge in [0.05, 0.1) is 6.10 Å². The second-order valence-electron chi connectivity index (χ2n) is 8.34. The molecule has 4 rings (SSSR count). The first-order chi connectivity index (χ1) is 16.5. The van der Waals surface area contributed by atoms with Crippen LogP contribution in [0.4, 0.5) is 4.79 Å². The summed E-state index contributed by atoms with van der Waals surface area (Å²) in [7, 11) is 0. The number of ether oxygens (including phenoxy) is 2. The molecule has 1 fully saturated rings. The zero-order valence-corrected chi connectivity index (χ0v) is 18.5. The molecule has 2 aromatic rings. The zero-order chi connectivity index (χ0) is 24.1. The highest BCUT2D eigenvalue weighted by Crippen LogP contribution is 2.44. The number of hydrogen-bond acceptors (Lipinski definition) is 5. The van der Waals surface area contributed by atoms with Crippen LogP contribution in [0.2, 0.25) is 0 Å². The number of carbonyl (C=O) groups excluding carboxylic acids is 2. The molecule has 2 amide bonds. The fourth-order valence-electron chi connectivity index (χ4n) is 4.48. The van der Waals surface area contributed by atoms with E-state index < -0.39 is 36.2 Å². The van der Waals surface area contributed by atoms with E-state index in [4.69, 9.17) is 21.0 Å². The van der Waals surface area contributed by atoms with Crippen LogP contribution in [0, 0.1) is 12.3 Å². The summed E-state index contributed by atoms with van der Waals surface area (Å²) >= 11 is 0. The van der Waals surface area contributed by atoms with Crippen molar-refractivity contribution in [3.05, 3.63) is 59.7 Å². The Morgan fingerprint density at radius 2 is 1.74 bits per heavy atom. The Morgan fingerprint density at radius 3 is 2.32 bits per heavy atom. The Hall–Kier alpha value is -3.83. The van der Waals surface area contributed by atoms with E-state index in [0.717, 1.165) is 22.3 Å². The Kier molecular flexibility index (Phi) is 7.14. The number of carboxylic acids is 1. The van der Waals surface area contributed by atoms with Crippen molar-refractivity contribution in [2.75, 3.05) is 13.2 Å². The minimum absolute atomic E-state index is 0.0146. The van der Waals surface area contributed by atoms with Crippen molar-refractivity contribution in [1.29, 1.82) is 0 Å². The van der Waals surface area contributed by atoms with Crippen LogP contribution in [0.15, 0.2) is 48.5 Å². The summed E-state index contributed by atoms with van der Waals surface area (Å²) in [5.41, 5.74) is 4.42. The molecular weight excluding hydrogens is 436 g/mol. The third kappa shape index (κ3) is 5.05. The van der Waals surface area contributed by atoms with E-state index in [2.05, 4.69) is 16.6 Å². The molecule has 1 aliphatic carbocycles. The van der Waals surface area contributed by atoms with E-state index in [1.807, 2.05) is 48.5 Å². The maximum Gasteiger partial charge on any atom is 0.407 e. The molecule has 8 nitrogen and oxygen atoms in total. The minimum Gasteiger partial charge on any atom is -0.479 e. The standard InChI is InChI=1S/C26H26N2O6/c1-2-7-22(24(29)27-14-16-12-13-23(34-16)25(30)31)28-26(32)33-15-21-19-10-5-3-8-17(19)18-9-4-6-11-20(18)21/h1,3-6,8-11,16,21-23H,7,12-15H2,(H,27,29)(H,28,32)(H,30,31). The van der Waals surface area contributed by atoms with E-state index in [0.29, 0.717) is 12.8 Å². The SMILES string of the molecule is C#CCC(NC(=O)OCC1c2ccccc2-c2ccccc21)C(=O)NCC1CCC(C(=O)O)O1. The lowest BCUT2D eigenvalue weighted by Crippen LogP contribution is -2.48. The van der Waals surface area contributed by atoms with Gasteiger partial charge < -0.3 is 25.2 Å². The van der Waals surface area contributed by atoms with Gasteiger partial charge in [-0.3, -0.25) is 4.79 Å². The largest absolute Gasteiger partial charge is 0.479 e. The summed E-state index contributed by atoms with van der Waals surface area (Å²) < 4.78 is 10.9. The van der Waals surface area contributed by atoms with Crippen LogP contribution >= 0.6 is 0 Å². The molecule has 2 aliphatic rings. The van der Waals surface area contributed by atoms with Crippen LogP contribution < -0.4 is 10.6 Å². The first kappa shape index (κ1) is 23.3. The second-order valence-corrected chi connectivity index (χ2v) is 8.34. The van der Waals surface area contributed by atoms with Crippen molar-refractivity contribution >= 4 is 18.0 Å². The van der Waals surface area contributed by atoms with Crippen LogP contribution in [0.1, 0.15) is 36.3 Å². The molecule has 1 aliphatic heterocycles. The van der Waals surface area contributed by atoms with Crippen LogP contribution in [0.5, 0.6) is 0 Å². The number of amides is 2. The van der Waals surface area contributed by atoms with Gasteiger partial charge in [-0.1, -0.05) is 48.5 Å². The molecular formula is C26H26N2O6. The smallest absolute Gasteiger partial charge is 0.407 e. The summed E-state index contributed by atoms with van der Waals surface area (Å²) in [4.78, 5) is 36.1. The molecule has 3 unspecified atom stereocenters. The van der Waals surface area contributed by atoms with E-state index in [9.17, 15) is 14.4 Å². The van der Waals surface area contributed by atoms with Gasteiger partial charge in [0.25, 0.3) is 0 Å². The van der Waals surface area contributed by atoms with E-state index in [-0.39, 0.29) is 25.5 Å². The van der Waals surface area contributed by atoms with Crippen molar-refractivity contribution in [2.24, 2.45) is 0 Å². The number of fused-ring (bicyclic) bond motifs is 3. The Balaban J connectivity index is 1.32. The van der Waals surface area contributed by atoms with Crippen LogP contribution in [0.25, 0.3) is 11.1 Å². The fourth-order valence-corrected chi connectivity index (χ4v) is 4.48. The highest BCUT2D eigenvalue weighted by Gasteiger charge is 2.32. The molecule has 34 heavy (non-hydrogen) atoms. The van der Waals surface area contributed by atoms with Gasteiger partial charge in [0.1, 0.15) is 12.6 Å². The van der Waals surface area contributed by atoms with Crippen molar-refractivity contribution in [1.82, 2.24) is 10.6 Å². The van der Waals surface area contributed by atoms with Gasteiger partial charge in [-0.15, -0.1) is 12.3 Å².